The Morgan fingerprint density at radius 1 is 1.20 bits per heavy atom. The summed E-state index contributed by atoms with van der Waals surface area (Å²) in [6.07, 6.45) is 3.17. The van der Waals surface area contributed by atoms with Gasteiger partial charge in [0.25, 0.3) is 5.91 Å². The van der Waals surface area contributed by atoms with Crippen LogP contribution in [-0.4, -0.2) is 27.8 Å². The molecule has 0 radical (unpaired) electrons. The number of nitrogens with zero attached hydrogens (tertiary/aromatic N) is 2. The summed E-state index contributed by atoms with van der Waals surface area (Å²) in [6, 6.07) is 17.3. The summed E-state index contributed by atoms with van der Waals surface area (Å²) in [6.45, 7) is 0. The molecule has 0 aliphatic carbocycles. The molecule has 2 N–H and O–H groups in total. The Kier molecular flexibility index (Phi) is 5.87. The Labute approximate surface area is 154 Å². The average molecular weight is 371 g/mol. The molecule has 0 aliphatic rings. The molecule has 0 spiro atoms. The number of hydrogen-bond acceptors (Lipinski definition) is 4. The molecular weight excluding hydrogens is 356 g/mol. The van der Waals surface area contributed by atoms with Crippen molar-refractivity contribution < 1.29 is 4.79 Å². The Balaban J connectivity index is 1.48. The number of amides is 1. The fourth-order valence-electron chi connectivity index (χ4n) is 2.08. The van der Waals surface area contributed by atoms with Crippen molar-refractivity contribution in [3.63, 3.8) is 0 Å². The van der Waals surface area contributed by atoms with Crippen LogP contribution in [0.4, 0.5) is 0 Å². The predicted molar refractivity (Wildman–Crippen MR) is 104 cm³/mol. The molecule has 0 atom stereocenters. The highest BCUT2D eigenvalue weighted by Crippen LogP contribution is 2.18. The summed E-state index contributed by atoms with van der Waals surface area (Å²) in [5.41, 5.74) is 5.23. The summed E-state index contributed by atoms with van der Waals surface area (Å²) in [5.74, 6) is -0.0251. The molecule has 7 heteroatoms. The first-order chi connectivity index (χ1) is 12.2. The zero-order valence-corrected chi connectivity index (χ0v) is 14.7. The first-order valence-corrected chi connectivity index (χ1v) is 8.89. The van der Waals surface area contributed by atoms with E-state index in [1.54, 1.807) is 6.08 Å². The number of para-hydroxylation sites is 2. The zero-order chi connectivity index (χ0) is 17.5. The van der Waals surface area contributed by atoms with E-state index in [-0.39, 0.29) is 11.7 Å². The second-order valence-corrected chi connectivity index (χ2v) is 6.48. The second kappa shape index (κ2) is 8.50. The lowest BCUT2D eigenvalue weighted by Gasteiger charge is -1.97. The quantitative estimate of drug-likeness (QED) is 0.391. The van der Waals surface area contributed by atoms with Crippen LogP contribution in [0, 0.1) is 0 Å². The van der Waals surface area contributed by atoms with E-state index in [1.807, 2.05) is 54.6 Å². The van der Waals surface area contributed by atoms with Crippen LogP contribution in [0.15, 0.2) is 69.9 Å². The van der Waals surface area contributed by atoms with Gasteiger partial charge in [-0.3, -0.25) is 4.79 Å². The van der Waals surface area contributed by atoms with E-state index >= 15 is 0 Å². The number of fused-ring (bicyclic) bond motifs is 1. The van der Waals surface area contributed by atoms with E-state index < -0.39 is 0 Å². The van der Waals surface area contributed by atoms with Crippen LogP contribution in [0.1, 0.15) is 5.56 Å². The number of H-pyrrole nitrogens is 1. The number of carbonyl (C=O) groups is 1. The molecule has 126 valence electrons. The number of nitrogens with one attached hydrogen (secondary N) is 2. The maximum atomic E-state index is 11.8. The van der Waals surface area contributed by atoms with E-state index in [0.29, 0.717) is 10.2 Å². The number of hydrogen-bond donors (Lipinski definition) is 2. The molecule has 0 unspecified atom stereocenters. The highest BCUT2D eigenvalue weighted by Gasteiger charge is 2.06. The molecule has 3 rings (SSSR count). The minimum absolute atomic E-state index is 0.206. The molecule has 2 aromatic carbocycles. The Morgan fingerprint density at radius 2 is 1.96 bits per heavy atom. The summed E-state index contributed by atoms with van der Waals surface area (Å²) in [4.78, 5) is 19.4. The first-order valence-electron chi connectivity index (χ1n) is 7.52. The van der Waals surface area contributed by atoms with Gasteiger partial charge in [-0.2, -0.15) is 5.10 Å². The van der Waals surface area contributed by atoms with E-state index in [9.17, 15) is 4.79 Å². The maximum Gasteiger partial charge on any atom is 0.250 e. The number of imidazole rings is 1. The van der Waals surface area contributed by atoms with Crippen LogP contribution < -0.4 is 5.43 Å². The molecule has 0 saturated carbocycles. The van der Waals surface area contributed by atoms with E-state index in [4.69, 9.17) is 11.6 Å². The van der Waals surface area contributed by atoms with Crippen LogP contribution >= 0.6 is 23.4 Å². The first kappa shape index (κ1) is 17.3. The van der Waals surface area contributed by atoms with Gasteiger partial charge in [0, 0.05) is 0 Å². The number of carbonyl (C=O) groups excluding carboxylic acids is 1. The van der Waals surface area contributed by atoms with Crippen molar-refractivity contribution in [2.45, 2.75) is 5.16 Å². The summed E-state index contributed by atoms with van der Waals surface area (Å²) in [5, 5.41) is 4.98. The second-order valence-electron chi connectivity index (χ2n) is 5.08. The SMILES string of the molecule is O=C(CSc1nc2ccccc2[nH]1)N/N=C/C(Cl)=C/c1ccccc1. The van der Waals surface area contributed by atoms with Gasteiger partial charge >= 0.3 is 0 Å². The molecule has 1 amide bonds. The van der Waals surface area contributed by atoms with Crippen molar-refractivity contribution in [3.8, 4) is 0 Å². The maximum absolute atomic E-state index is 11.8. The van der Waals surface area contributed by atoms with E-state index in [1.165, 1.54) is 18.0 Å². The number of rotatable bonds is 6. The summed E-state index contributed by atoms with van der Waals surface area (Å²) < 4.78 is 0. The van der Waals surface area contributed by atoms with Gasteiger partial charge in [0.15, 0.2) is 5.16 Å². The number of allylic oxidation sites excluding steroid dienone is 1. The monoisotopic (exact) mass is 370 g/mol. The lowest BCUT2D eigenvalue weighted by Crippen LogP contribution is -2.19. The normalized spacial score (nSPS) is 12.0. The fourth-order valence-corrected chi connectivity index (χ4v) is 2.93. The molecule has 0 fully saturated rings. The minimum Gasteiger partial charge on any atom is -0.333 e. The zero-order valence-electron chi connectivity index (χ0n) is 13.1. The van der Waals surface area contributed by atoms with Crippen molar-refractivity contribution in [2.75, 3.05) is 5.75 Å². The summed E-state index contributed by atoms with van der Waals surface area (Å²) >= 11 is 7.37. The number of aromatic nitrogens is 2. The van der Waals surface area contributed by atoms with E-state index in [0.717, 1.165) is 16.6 Å². The van der Waals surface area contributed by atoms with Crippen LogP contribution in [-0.2, 0) is 4.79 Å². The number of halogens is 1. The third-order valence-corrected chi connectivity index (χ3v) is 4.27. The molecule has 5 nitrogen and oxygen atoms in total. The standard InChI is InChI=1S/C18H15ClN4OS/c19-14(10-13-6-2-1-3-7-13)11-20-23-17(24)12-25-18-21-15-8-4-5-9-16(15)22-18/h1-11H,12H2,(H,21,22)(H,23,24)/b14-10-,20-11+. The molecule has 25 heavy (non-hydrogen) atoms. The summed E-state index contributed by atoms with van der Waals surface area (Å²) in [7, 11) is 0. The van der Waals surface area contributed by atoms with Gasteiger partial charge in [-0.25, -0.2) is 10.4 Å². The van der Waals surface area contributed by atoms with E-state index in [2.05, 4.69) is 20.5 Å². The van der Waals surface area contributed by atoms with Crippen LogP contribution in [0.25, 0.3) is 17.1 Å². The van der Waals surface area contributed by atoms with Crippen molar-refractivity contribution in [1.29, 1.82) is 0 Å². The minimum atomic E-state index is -0.231. The molecule has 1 heterocycles. The van der Waals surface area contributed by atoms with Crippen molar-refractivity contribution in [2.24, 2.45) is 5.10 Å². The van der Waals surface area contributed by atoms with Crippen molar-refractivity contribution in [3.05, 3.63) is 65.2 Å². The number of aromatic amines is 1. The third-order valence-electron chi connectivity index (χ3n) is 3.19. The highest BCUT2D eigenvalue weighted by molar-refractivity contribution is 7.99. The lowest BCUT2D eigenvalue weighted by molar-refractivity contribution is -0.118. The van der Waals surface area contributed by atoms with Gasteiger partial charge in [0.2, 0.25) is 0 Å². The number of benzene rings is 2. The van der Waals surface area contributed by atoms with Gasteiger partial charge in [0.1, 0.15) is 0 Å². The topological polar surface area (TPSA) is 70.1 Å². The molecule has 1 aromatic heterocycles. The van der Waals surface area contributed by atoms with Crippen molar-refractivity contribution >= 4 is 52.6 Å². The Hall–Kier alpha value is -2.57. The number of hydrazone groups is 1. The van der Waals surface area contributed by atoms with Crippen LogP contribution in [0.2, 0.25) is 0 Å². The van der Waals surface area contributed by atoms with Gasteiger partial charge in [-0.1, -0.05) is 65.8 Å². The van der Waals surface area contributed by atoms with Gasteiger partial charge < -0.3 is 4.98 Å². The molecule has 0 aliphatic heterocycles. The number of thioether (sulfide) groups is 1. The van der Waals surface area contributed by atoms with Crippen LogP contribution in [0.3, 0.4) is 0 Å². The molecule has 3 aromatic rings. The largest absolute Gasteiger partial charge is 0.333 e. The molecular formula is C18H15ClN4OS. The predicted octanol–water partition coefficient (Wildman–Crippen LogP) is 4.04. The highest BCUT2D eigenvalue weighted by atomic mass is 35.5. The smallest absolute Gasteiger partial charge is 0.250 e. The van der Waals surface area contributed by atoms with Crippen molar-refractivity contribution in [1.82, 2.24) is 15.4 Å². The third kappa shape index (κ3) is 5.20. The van der Waals surface area contributed by atoms with Gasteiger partial charge in [-0.05, 0) is 23.8 Å². The average Bonchev–Trinajstić information content (AvgIpc) is 3.04. The van der Waals surface area contributed by atoms with Gasteiger partial charge in [0.05, 0.1) is 28.0 Å². The fraction of sp³-hybridized carbons (Fsp3) is 0.0556. The lowest BCUT2D eigenvalue weighted by atomic mass is 10.2. The Morgan fingerprint density at radius 3 is 2.76 bits per heavy atom. The van der Waals surface area contributed by atoms with Crippen LogP contribution in [0.5, 0.6) is 0 Å². The van der Waals surface area contributed by atoms with Gasteiger partial charge in [-0.15, -0.1) is 0 Å². The Bertz CT molecular complexity index is 888. The molecule has 0 saturated heterocycles. The molecule has 0 bridgehead atoms.